The van der Waals surface area contributed by atoms with Crippen molar-refractivity contribution in [2.24, 2.45) is 0 Å². The second-order valence-electron chi connectivity index (χ2n) is 3.15. The van der Waals surface area contributed by atoms with E-state index in [0.29, 0.717) is 18.2 Å². The summed E-state index contributed by atoms with van der Waals surface area (Å²) in [6.07, 6.45) is 2.67. The Kier molecular flexibility index (Phi) is 2.88. The van der Waals surface area contributed by atoms with Gasteiger partial charge in [0.05, 0.1) is 23.4 Å². The van der Waals surface area contributed by atoms with Crippen LogP contribution in [0.25, 0.3) is 0 Å². The molecule has 76 valence electrons. The Morgan fingerprint density at radius 2 is 2.50 bits per heavy atom. The van der Waals surface area contributed by atoms with Gasteiger partial charge in [-0.3, -0.25) is 0 Å². The molecule has 2 heterocycles. The number of anilines is 1. The maximum atomic E-state index is 5.70. The van der Waals surface area contributed by atoms with E-state index in [1.807, 2.05) is 0 Å². The van der Waals surface area contributed by atoms with E-state index in [2.05, 4.69) is 20.9 Å². The van der Waals surface area contributed by atoms with Crippen LogP contribution in [0.4, 0.5) is 5.69 Å². The predicted molar refractivity (Wildman–Crippen MR) is 56.2 cm³/mol. The van der Waals surface area contributed by atoms with E-state index >= 15 is 0 Å². The second-order valence-corrected chi connectivity index (χ2v) is 4.00. The first-order valence-electron chi connectivity index (χ1n) is 4.41. The zero-order chi connectivity index (χ0) is 9.97. The van der Waals surface area contributed by atoms with Gasteiger partial charge in [-0.05, 0) is 15.9 Å². The van der Waals surface area contributed by atoms with Crippen LogP contribution in [0.1, 0.15) is 6.42 Å². The van der Waals surface area contributed by atoms with Crippen LogP contribution in [-0.2, 0) is 4.74 Å². The Morgan fingerprint density at radius 1 is 1.64 bits per heavy atom. The van der Waals surface area contributed by atoms with E-state index in [4.69, 9.17) is 15.2 Å². The average Bonchev–Trinajstić information content (AvgIpc) is 2.64. The van der Waals surface area contributed by atoms with Crippen molar-refractivity contribution in [2.75, 3.05) is 18.9 Å². The zero-order valence-electron chi connectivity index (χ0n) is 7.57. The summed E-state index contributed by atoms with van der Waals surface area (Å²) in [7, 11) is 0. The van der Waals surface area contributed by atoms with Crippen LogP contribution in [0.2, 0.25) is 0 Å². The third kappa shape index (κ3) is 2.16. The lowest BCUT2D eigenvalue weighted by Gasteiger charge is -2.11. The van der Waals surface area contributed by atoms with Gasteiger partial charge in [0.25, 0.3) is 0 Å². The van der Waals surface area contributed by atoms with E-state index in [1.165, 1.54) is 0 Å². The molecule has 1 fully saturated rings. The standard InChI is InChI=1S/C9H11BrN2O2/c10-7-4-12-9(3-8(7)11)14-6-1-2-13-5-6/h3-4,6H,1-2,5H2,(H2,11,12). The molecule has 2 rings (SSSR count). The van der Waals surface area contributed by atoms with Crippen molar-refractivity contribution in [1.29, 1.82) is 0 Å². The number of halogens is 1. The van der Waals surface area contributed by atoms with Crippen LogP contribution in [0.15, 0.2) is 16.7 Å². The lowest BCUT2D eigenvalue weighted by Crippen LogP contribution is -2.16. The van der Waals surface area contributed by atoms with Crippen LogP contribution in [0.5, 0.6) is 5.88 Å². The van der Waals surface area contributed by atoms with Gasteiger partial charge in [-0.25, -0.2) is 4.98 Å². The summed E-state index contributed by atoms with van der Waals surface area (Å²) < 4.78 is 11.5. The van der Waals surface area contributed by atoms with Crippen LogP contribution < -0.4 is 10.5 Å². The Morgan fingerprint density at radius 3 is 3.14 bits per heavy atom. The monoisotopic (exact) mass is 258 g/mol. The lowest BCUT2D eigenvalue weighted by molar-refractivity contribution is 0.138. The SMILES string of the molecule is Nc1cc(OC2CCOC2)ncc1Br. The molecule has 0 aliphatic carbocycles. The molecule has 1 aromatic rings. The first-order valence-corrected chi connectivity index (χ1v) is 5.20. The fourth-order valence-corrected chi connectivity index (χ4v) is 1.49. The van der Waals surface area contributed by atoms with Gasteiger partial charge in [-0.1, -0.05) is 0 Å². The van der Waals surface area contributed by atoms with E-state index in [-0.39, 0.29) is 6.10 Å². The molecule has 1 atom stereocenters. The fourth-order valence-electron chi connectivity index (χ4n) is 1.28. The molecule has 14 heavy (non-hydrogen) atoms. The van der Waals surface area contributed by atoms with Crippen molar-refractivity contribution in [3.8, 4) is 5.88 Å². The second kappa shape index (κ2) is 4.14. The quantitative estimate of drug-likeness (QED) is 0.876. The number of ether oxygens (including phenoxy) is 2. The van der Waals surface area contributed by atoms with Crippen molar-refractivity contribution in [1.82, 2.24) is 4.98 Å². The number of pyridine rings is 1. The van der Waals surface area contributed by atoms with E-state index < -0.39 is 0 Å². The van der Waals surface area contributed by atoms with Crippen molar-refractivity contribution in [2.45, 2.75) is 12.5 Å². The van der Waals surface area contributed by atoms with Gasteiger partial charge in [-0.15, -0.1) is 0 Å². The van der Waals surface area contributed by atoms with Gasteiger partial charge >= 0.3 is 0 Å². The summed E-state index contributed by atoms with van der Waals surface area (Å²) in [5.74, 6) is 0.557. The van der Waals surface area contributed by atoms with Crippen LogP contribution in [0, 0.1) is 0 Å². The summed E-state index contributed by atoms with van der Waals surface area (Å²) >= 11 is 3.27. The molecule has 1 aromatic heterocycles. The number of aromatic nitrogens is 1. The van der Waals surface area contributed by atoms with Gasteiger partial charge in [0.15, 0.2) is 0 Å². The molecule has 0 aromatic carbocycles. The summed E-state index contributed by atoms with van der Waals surface area (Å²) in [6, 6.07) is 1.71. The number of rotatable bonds is 2. The number of nitrogens with two attached hydrogens (primary N) is 1. The maximum absolute atomic E-state index is 5.70. The fraction of sp³-hybridized carbons (Fsp3) is 0.444. The zero-order valence-corrected chi connectivity index (χ0v) is 9.16. The van der Waals surface area contributed by atoms with Gasteiger partial charge in [0.2, 0.25) is 5.88 Å². The first kappa shape index (κ1) is 9.73. The van der Waals surface area contributed by atoms with Crippen LogP contribution in [0.3, 0.4) is 0 Å². The van der Waals surface area contributed by atoms with Crippen molar-refractivity contribution in [3.63, 3.8) is 0 Å². The number of hydrogen-bond acceptors (Lipinski definition) is 4. The van der Waals surface area contributed by atoms with Crippen molar-refractivity contribution in [3.05, 3.63) is 16.7 Å². The van der Waals surface area contributed by atoms with E-state index in [1.54, 1.807) is 12.3 Å². The topological polar surface area (TPSA) is 57.4 Å². The van der Waals surface area contributed by atoms with Crippen molar-refractivity contribution >= 4 is 21.6 Å². The van der Waals surface area contributed by atoms with Crippen LogP contribution >= 0.6 is 15.9 Å². The molecule has 4 nitrogen and oxygen atoms in total. The molecular weight excluding hydrogens is 248 g/mol. The third-order valence-electron chi connectivity index (χ3n) is 2.04. The highest BCUT2D eigenvalue weighted by Gasteiger charge is 2.17. The highest BCUT2D eigenvalue weighted by atomic mass is 79.9. The molecular formula is C9H11BrN2O2. The summed E-state index contributed by atoms with van der Waals surface area (Å²) in [5.41, 5.74) is 6.33. The normalized spacial score (nSPS) is 21.1. The Balaban J connectivity index is 2.05. The lowest BCUT2D eigenvalue weighted by atomic mass is 10.3. The molecule has 0 saturated carbocycles. The first-order chi connectivity index (χ1) is 6.75. The van der Waals surface area contributed by atoms with E-state index in [0.717, 1.165) is 17.5 Å². The largest absolute Gasteiger partial charge is 0.472 e. The van der Waals surface area contributed by atoms with Gasteiger partial charge in [0, 0.05) is 18.7 Å². The molecule has 0 amide bonds. The van der Waals surface area contributed by atoms with E-state index in [9.17, 15) is 0 Å². The predicted octanol–water partition coefficient (Wildman–Crippen LogP) is 1.59. The van der Waals surface area contributed by atoms with Crippen LogP contribution in [-0.4, -0.2) is 24.3 Å². The number of hydrogen-bond donors (Lipinski definition) is 1. The Bertz CT molecular complexity index is 327. The summed E-state index contributed by atoms with van der Waals surface area (Å²) in [4.78, 5) is 4.10. The highest BCUT2D eigenvalue weighted by molar-refractivity contribution is 9.10. The molecule has 5 heteroatoms. The summed E-state index contributed by atoms with van der Waals surface area (Å²) in [6.45, 7) is 1.40. The van der Waals surface area contributed by atoms with Gasteiger partial charge < -0.3 is 15.2 Å². The minimum Gasteiger partial charge on any atom is -0.472 e. The Labute approximate surface area is 90.5 Å². The minimum absolute atomic E-state index is 0.114. The van der Waals surface area contributed by atoms with Gasteiger partial charge in [0.1, 0.15) is 6.10 Å². The molecule has 1 saturated heterocycles. The minimum atomic E-state index is 0.114. The summed E-state index contributed by atoms with van der Waals surface area (Å²) in [5, 5.41) is 0. The highest BCUT2D eigenvalue weighted by Crippen LogP contribution is 2.23. The number of nitrogen functional groups attached to an aromatic ring is 1. The van der Waals surface area contributed by atoms with Gasteiger partial charge in [-0.2, -0.15) is 0 Å². The molecule has 1 unspecified atom stereocenters. The smallest absolute Gasteiger partial charge is 0.215 e. The number of nitrogens with zero attached hydrogens (tertiary/aromatic N) is 1. The maximum Gasteiger partial charge on any atom is 0.215 e. The molecule has 0 spiro atoms. The van der Waals surface area contributed by atoms with Crippen molar-refractivity contribution < 1.29 is 9.47 Å². The Hall–Kier alpha value is -0.810. The molecule has 1 aliphatic rings. The molecule has 2 N–H and O–H groups in total. The molecule has 0 bridgehead atoms. The average molecular weight is 259 g/mol. The molecule has 1 aliphatic heterocycles. The third-order valence-corrected chi connectivity index (χ3v) is 2.70. The molecule has 0 radical (unpaired) electrons.